The third-order valence-corrected chi connectivity index (χ3v) is 3.15. The Hall–Kier alpha value is -1.74. The van der Waals surface area contributed by atoms with E-state index < -0.39 is 0 Å². The van der Waals surface area contributed by atoms with Gasteiger partial charge in [0.15, 0.2) is 0 Å². The van der Waals surface area contributed by atoms with Gasteiger partial charge in [-0.15, -0.1) is 11.3 Å². The van der Waals surface area contributed by atoms with E-state index in [1.165, 1.54) is 4.88 Å². The van der Waals surface area contributed by atoms with Crippen molar-refractivity contribution in [3.05, 3.63) is 48.1 Å². The van der Waals surface area contributed by atoms with Gasteiger partial charge in [0.1, 0.15) is 5.69 Å². The van der Waals surface area contributed by atoms with Gasteiger partial charge < -0.3 is 0 Å². The third kappa shape index (κ3) is 1.41. The summed E-state index contributed by atoms with van der Waals surface area (Å²) in [5, 5.41) is 3.19. The van der Waals surface area contributed by atoms with Gasteiger partial charge in [-0.05, 0) is 23.6 Å². The Morgan fingerprint density at radius 3 is 2.80 bits per heavy atom. The van der Waals surface area contributed by atoms with Crippen molar-refractivity contribution in [2.75, 3.05) is 0 Å². The van der Waals surface area contributed by atoms with Crippen LogP contribution in [-0.4, -0.2) is 9.97 Å². The summed E-state index contributed by atoms with van der Waals surface area (Å²) in [4.78, 5) is 9.94. The van der Waals surface area contributed by atoms with Gasteiger partial charge in [0.25, 0.3) is 0 Å². The fourth-order valence-electron chi connectivity index (χ4n) is 1.60. The van der Waals surface area contributed by atoms with Crippen molar-refractivity contribution in [2.24, 2.45) is 0 Å². The number of hydrogen-bond acceptors (Lipinski definition) is 3. The number of thiophene rings is 1. The molecule has 0 radical (unpaired) electrons. The molecular weight excluding hydrogens is 204 g/mol. The van der Waals surface area contributed by atoms with Gasteiger partial charge in [-0.2, -0.15) is 0 Å². The summed E-state index contributed by atoms with van der Waals surface area (Å²) in [6.45, 7) is 0. The van der Waals surface area contributed by atoms with Crippen LogP contribution < -0.4 is 0 Å². The molecule has 0 amide bonds. The quantitative estimate of drug-likeness (QED) is 0.618. The van der Waals surface area contributed by atoms with Gasteiger partial charge in [-0.1, -0.05) is 12.1 Å². The average molecular weight is 212 g/mol. The van der Waals surface area contributed by atoms with Crippen molar-refractivity contribution in [1.29, 1.82) is 0 Å². The molecule has 0 unspecified atom stereocenters. The fourth-order valence-corrected chi connectivity index (χ4v) is 2.32. The van der Waals surface area contributed by atoms with Crippen molar-refractivity contribution in [2.45, 2.75) is 0 Å². The molecular formula is C12H8N2S. The number of nitrogens with zero attached hydrogens (tertiary/aromatic N) is 2. The molecule has 3 heteroatoms. The van der Waals surface area contributed by atoms with Crippen LogP contribution in [0.25, 0.3) is 21.5 Å². The van der Waals surface area contributed by atoms with Crippen LogP contribution in [0.5, 0.6) is 0 Å². The van der Waals surface area contributed by atoms with Crippen LogP contribution in [0.2, 0.25) is 0 Å². The normalized spacial score (nSPS) is 10.7. The molecule has 0 saturated carbocycles. The molecule has 0 aliphatic carbocycles. The molecule has 0 saturated heterocycles. The van der Waals surface area contributed by atoms with Crippen LogP contribution >= 0.6 is 11.3 Å². The van der Waals surface area contributed by atoms with Gasteiger partial charge in [-0.25, -0.2) is 0 Å². The van der Waals surface area contributed by atoms with E-state index >= 15 is 0 Å². The second kappa shape index (κ2) is 3.44. The zero-order chi connectivity index (χ0) is 10.1. The van der Waals surface area contributed by atoms with Gasteiger partial charge in [0.2, 0.25) is 0 Å². The van der Waals surface area contributed by atoms with Crippen LogP contribution in [0, 0.1) is 0 Å². The highest BCUT2D eigenvalue weighted by Crippen LogP contribution is 2.27. The summed E-state index contributed by atoms with van der Waals surface area (Å²) in [7, 11) is 0. The van der Waals surface area contributed by atoms with Crippen molar-refractivity contribution in [1.82, 2.24) is 9.97 Å². The van der Waals surface area contributed by atoms with Crippen LogP contribution in [0.15, 0.2) is 48.1 Å². The lowest BCUT2D eigenvalue weighted by Crippen LogP contribution is -1.85. The molecule has 0 aliphatic rings. The van der Waals surface area contributed by atoms with Crippen molar-refractivity contribution in [3.8, 4) is 10.6 Å². The molecule has 0 aliphatic heterocycles. The predicted octanol–water partition coefficient (Wildman–Crippen LogP) is 3.36. The highest BCUT2D eigenvalue weighted by Gasteiger charge is 2.05. The maximum absolute atomic E-state index is 4.40. The lowest BCUT2D eigenvalue weighted by molar-refractivity contribution is 1.32. The Labute approximate surface area is 91.2 Å². The smallest absolute Gasteiger partial charge is 0.106 e. The van der Waals surface area contributed by atoms with Crippen LogP contribution in [0.1, 0.15) is 0 Å². The van der Waals surface area contributed by atoms with Crippen molar-refractivity contribution in [3.63, 3.8) is 0 Å². The molecule has 0 aromatic carbocycles. The predicted molar refractivity (Wildman–Crippen MR) is 62.9 cm³/mol. The first-order valence-corrected chi connectivity index (χ1v) is 5.57. The average Bonchev–Trinajstić information content (AvgIpc) is 2.82. The lowest BCUT2D eigenvalue weighted by Gasteiger charge is -2.01. The highest BCUT2D eigenvalue weighted by molar-refractivity contribution is 7.13. The first-order valence-electron chi connectivity index (χ1n) is 4.69. The molecule has 0 N–H and O–H groups in total. The Bertz CT molecular complexity index is 582. The lowest BCUT2D eigenvalue weighted by atomic mass is 10.2. The van der Waals surface area contributed by atoms with Crippen LogP contribution in [0.3, 0.4) is 0 Å². The standard InChI is InChI=1S/C12H8N2S/c1-3-9-5-7-14-12(11(9)13-6-1)10-4-2-8-15-10/h1-8H. The maximum Gasteiger partial charge on any atom is 0.106 e. The molecule has 0 spiro atoms. The fraction of sp³-hybridized carbons (Fsp3) is 0. The van der Waals surface area contributed by atoms with Gasteiger partial charge in [-0.3, -0.25) is 9.97 Å². The minimum atomic E-state index is 0.974. The molecule has 0 bridgehead atoms. The summed E-state index contributed by atoms with van der Waals surface area (Å²) in [6, 6.07) is 10.1. The SMILES string of the molecule is c1csc(-c2nccc3cccnc23)c1. The van der Waals surface area contributed by atoms with E-state index in [1.54, 1.807) is 17.5 Å². The minimum absolute atomic E-state index is 0.974. The molecule has 3 heterocycles. The molecule has 3 aromatic rings. The summed E-state index contributed by atoms with van der Waals surface area (Å²) < 4.78 is 0. The highest BCUT2D eigenvalue weighted by atomic mass is 32.1. The summed E-state index contributed by atoms with van der Waals surface area (Å²) in [5.41, 5.74) is 1.95. The maximum atomic E-state index is 4.40. The summed E-state index contributed by atoms with van der Waals surface area (Å²) in [5.74, 6) is 0. The number of fused-ring (bicyclic) bond motifs is 1. The molecule has 3 rings (SSSR count). The molecule has 0 atom stereocenters. The van der Waals surface area contributed by atoms with Gasteiger partial charge in [0, 0.05) is 17.8 Å². The second-order valence-electron chi connectivity index (χ2n) is 3.21. The van der Waals surface area contributed by atoms with Gasteiger partial charge in [0.05, 0.1) is 10.4 Å². The van der Waals surface area contributed by atoms with Crippen molar-refractivity contribution >= 4 is 22.2 Å². The largest absolute Gasteiger partial charge is 0.254 e. The molecule has 72 valence electrons. The van der Waals surface area contributed by atoms with E-state index in [9.17, 15) is 0 Å². The summed E-state index contributed by atoms with van der Waals surface area (Å²) >= 11 is 1.69. The Morgan fingerprint density at radius 1 is 0.933 bits per heavy atom. The second-order valence-corrected chi connectivity index (χ2v) is 4.16. The molecule has 2 nitrogen and oxygen atoms in total. The molecule has 3 aromatic heterocycles. The molecule has 15 heavy (non-hydrogen) atoms. The van der Waals surface area contributed by atoms with Crippen molar-refractivity contribution < 1.29 is 0 Å². The first kappa shape index (κ1) is 8.56. The third-order valence-electron chi connectivity index (χ3n) is 2.28. The Kier molecular flexibility index (Phi) is 1.96. The topological polar surface area (TPSA) is 25.8 Å². The number of rotatable bonds is 1. The number of pyridine rings is 2. The minimum Gasteiger partial charge on any atom is -0.254 e. The summed E-state index contributed by atoms with van der Waals surface area (Å²) in [6.07, 6.45) is 3.64. The van der Waals surface area contributed by atoms with Gasteiger partial charge >= 0.3 is 0 Å². The zero-order valence-corrected chi connectivity index (χ0v) is 8.74. The molecule has 0 fully saturated rings. The van der Waals surface area contributed by atoms with E-state index in [0.717, 1.165) is 16.6 Å². The Morgan fingerprint density at radius 2 is 1.93 bits per heavy atom. The number of aromatic nitrogens is 2. The van der Waals surface area contributed by atoms with E-state index in [1.807, 2.05) is 24.4 Å². The van der Waals surface area contributed by atoms with E-state index in [4.69, 9.17) is 0 Å². The monoisotopic (exact) mass is 212 g/mol. The van der Waals surface area contributed by atoms with Crippen LogP contribution in [0.4, 0.5) is 0 Å². The van der Waals surface area contributed by atoms with E-state index in [0.29, 0.717) is 0 Å². The number of hydrogen-bond donors (Lipinski definition) is 0. The van der Waals surface area contributed by atoms with E-state index in [-0.39, 0.29) is 0 Å². The zero-order valence-electron chi connectivity index (χ0n) is 7.92. The van der Waals surface area contributed by atoms with Crippen LogP contribution in [-0.2, 0) is 0 Å². The van der Waals surface area contributed by atoms with E-state index in [2.05, 4.69) is 27.5 Å². The first-order chi connectivity index (χ1) is 7.45. The Balaban J connectivity index is 2.36.